The molecule has 0 fully saturated rings. The van der Waals surface area contributed by atoms with Crippen LogP contribution in [-0.4, -0.2) is 54.6 Å². The van der Waals surface area contributed by atoms with Crippen molar-refractivity contribution in [3.63, 3.8) is 0 Å². The van der Waals surface area contributed by atoms with Crippen molar-refractivity contribution in [2.24, 2.45) is 10.4 Å². The standard InChI is InChI=1S/C20H32N6O2/c1-7-21-19(22-12-16(28-6)20(2,3)4)23-13-17-24-18(26-25-17)14-8-10-15(27-5)11-9-14/h8-11,16H,7,12-13H2,1-6H3,(H2,21,22,23)(H,24,25,26). The third-order valence-corrected chi connectivity index (χ3v) is 4.32. The second-order valence-corrected chi connectivity index (χ2v) is 7.50. The number of guanidine groups is 1. The monoisotopic (exact) mass is 388 g/mol. The summed E-state index contributed by atoms with van der Waals surface area (Å²) in [5, 5.41) is 13.8. The maximum Gasteiger partial charge on any atom is 0.191 e. The lowest BCUT2D eigenvalue weighted by Gasteiger charge is -2.30. The van der Waals surface area contributed by atoms with Crippen LogP contribution in [0.15, 0.2) is 29.3 Å². The third-order valence-electron chi connectivity index (χ3n) is 4.32. The quantitative estimate of drug-likeness (QED) is 0.475. The van der Waals surface area contributed by atoms with Gasteiger partial charge in [-0.25, -0.2) is 9.98 Å². The van der Waals surface area contributed by atoms with Crippen molar-refractivity contribution in [1.82, 2.24) is 25.8 Å². The van der Waals surface area contributed by atoms with Crippen molar-refractivity contribution < 1.29 is 9.47 Å². The molecule has 0 radical (unpaired) electrons. The molecule has 1 atom stereocenters. The van der Waals surface area contributed by atoms with Gasteiger partial charge in [0.05, 0.1) is 13.2 Å². The molecule has 1 aromatic carbocycles. The van der Waals surface area contributed by atoms with E-state index in [1.165, 1.54) is 0 Å². The van der Waals surface area contributed by atoms with Gasteiger partial charge >= 0.3 is 0 Å². The zero-order valence-corrected chi connectivity index (χ0v) is 17.7. The van der Waals surface area contributed by atoms with Crippen LogP contribution < -0.4 is 15.4 Å². The van der Waals surface area contributed by atoms with Gasteiger partial charge in [0.1, 0.15) is 18.1 Å². The molecule has 0 amide bonds. The van der Waals surface area contributed by atoms with Gasteiger partial charge < -0.3 is 20.1 Å². The number of aromatic amines is 1. The van der Waals surface area contributed by atoms with Crippen LogP contribution in [0.1, 0.15) is 33.5 Å². The number of H-pyrrole nitrogens is 1. The Morgan fingerprint density at radius 1 is 1.18 bits per heavy atom. The molecule has 3 N–H and O–H groups in total. The van der Waals surface area contributed by atoms with E-state index in [2.05, 4.69) is 51.6 Å². The first-order chi connectivity index (χ1) is 13.4. The summed E-state index contributed by atoms with van der Waals surface area (Å²) in [7, 11) is 3.38. The average molecular weight is 389 g/mol. The minimum Gasteiger partial charge on any atom is -0.497 e. The maximum absolute atomic E-state index is 5.59. The molecular formula is C20H32N6O2. The van der Waals surface area contributed by atoms with Crippen molar-refractivity contribution in [2.75, 3.05) is 27.3 Å². The van der Waals surface area contributed by atoms with Crippen LogP contribution >= 0.6 is 0 Å². The van der Waals surface area contributed by atoms with Crippen LogP contribution in [0, 0.1) is 5.41 Å². The van der Waals surface area contributed by atoms with Crippen molar-refractivity contribution >= 4 is 5.96 Å². The van der Waals surface area contributed by atoms with E-state index in [0.717, 1.165) is 23.8 Å². The molecule has 0 aliphatic rings. The fraction of sp³-hybridized carbons (Fsp3) is 0.550. The van der Waals surface area contributed by atoms with E-state index in [1.807, 2.05) is 31.2 Å². The van der Waals surface area contributed by atoms with Crippen molar-refractivity contribution in [3.05, 3.63) is 30.1 Å². The lowest BCUT2D eigenvalue weighted by molar-refractivity contribution is 0.0205. The predicted molar refractivity (Wildman–Crippen MR) is 111 cm³/mol. The van der Waals surface area contributed by atoms with E-state index in [1.54, 1.807) is 14.2 Å². The number of ether oxygens (including phenoxy) is 2. The Bertz CT molecular complexity index is 749. The van der Waals surface area contributed by atoms with E-state index in [-0.39, 0.29) is 11.5 Å². The summed E-state index contributed by atoms with van der Waals surface area (Å²) >= 11 is 0. The molecule has 2 rings (SSSR count). The van der Waals surface area contributed by atoms with Crippen molar-refractivity contribution in [2.45, 2.75) is 40.3 Å². The van der Waals surface area contributed by atoms with Gasteiger partial charge in [-0.15, -0.1) is 0 Å². The fourth-order valence-electron chi connectivity index (χ4n) is 2.66. The van der Waals surface area contributed by atoms with Crippen LogP contribution in [0.25, 0.3) is 11.4 Å². The topological polar surface area (TPSA) is 96.5 Å². The van der Waals surface area contributed by atoms with E-state index in [0.29, 0.717) is 24.7 Å². The smallest absolute Gasteiger partial charge is 0.191 e. The third kappa shape index (κ3) is 6.23. The maximum atomic E-state index is 5.59. The summed E-state index contributed by atoms with van der Waals surface area (Å²) in [6.45, 7) is 10.3. The molecule has 1 aromatic heterocycles. The lowest BCUT2D eigenvalue weighted by Crippen LogP contribution is -2.45. The second kappa shape index (κ2) is 10.1. The molecule has 0 saturated carbocycles. The van der Waals surface area contributed by atoms with Gasteiger partial charge in [0.2, 0.25) is 0 Å². The zero-order chi connectivity index (χ0) is 20.6. The number of nitrogens with one attached hydrogen (secondary N) is 3. The number of hydrogen-bond donors (Lipinski definition) is 3. The van der Waals surface area contributed by atoms with Gasteiger partial charge in [-0.2, -0.15) is 5.10 Å². The minimum absolute atomic E-state index is 0.0390. The van der Waals surface area contributed by atoms with Crippen molar-refractivity contribution in [3.8, 4) is 17.1 Å². The Balaban J connectivity index is 2.01. The van der Waals surface area contributed by atoms with Crippen LogP contribution in [0.5, 0.6) is 5.75 Å². The lowest BCUT2D eigenvalue weighted by atomic mass is 9.89. The summed E-state index contributed by atoms with van der Waals surface area (Å²) in [4.78, 5) is 9.12. The SMILES string of the molecule is CCNC(=NCc1nc(-c2ccc(OC)cc2)n[nH]1)NCC(OC)C(C)(C)C. The Labute approximate surface area is 167 Å². The van der Waals surface area contributed by atoms with Gasteiger partial charge in [0.15, 0.2) is 11.8 Å². The minimum atomic E-state index is 0.0390. The Hall–Kier alpha value is -2.61. The Morgan fingerprint density at radius 3 is 2.46 bits per heavy atom. The molecule has 0 saturated heterocycles. The molecule has 0 aliphatic carbocycles. The van der Waals surface area contributed by atoms with Gasteiger partial charge in [-0.1, -0.05) is 20.8 Å². The second-order valence-electron chi connectivity index (χ2n) is 7.50. The van der Waals surface area contributed by atoms with Crippen LogP contribution in [0.2, 0.25) is 0 Å². The number of aliphatic imine (C=N–C) groups is 1. The molecule has 8 nitrogen and oxygen atoms in total. The summed E-state index contributed by atoms with van der Waals surface area (Å²) < 4.78 is 10.8. The molecule has 0 spiro atoms. The zero-order valence-electron chi connectivity index (χ0n) is 17.7. The van der Waals surface area contributed by atoms with E-state index in [4.69, 9.17) is 9.47 Å². The molecular weight excluding hydrogens is 356 g/mol. The fourth-order valence-corrected chi connectivity index (χ4v) is 2.66. The van der Waals surface area contributed by atoms with Crippen LogP contribution in [-0.2, 0) is 11.3 Å². The normalized spacial score (nSPS) is 13.3. The molecule has 1 heterocycles. The highest BCUT2D eigenvalue weighted by molar-refractivity contribution is 5.79. The molecule has 28 heavy (non-hydrogen) atoms. The first kappa shape index (κ1) is 21.7. The van der Waals surface area contributed by atoms with E-state index in [9.17, 15) is 0 Å². The summed E-state index contributed by atoms with van der Waals surface area (Å²) in [5.41, 5.74) is 0.961. The van der Waals surface area contributed by atoms with E-state index < -0.39 is 0 Å². The van der Waals surface area contributed by atoms with Gasteiger partial charge in [-0.05, 0) is 36.6 Å². The number of methoxy groups -OCH3 is 2. The van der Waals surface area contributed by atoms with Crippen LogP contribution in [0.3, 0.4) is 0 Å². The summed E-state index contributed by atoms with van der Waals surface area (Å²) in [6, 6.07) is 7.63. The highest BCUT2D eigenvalue weighted by Gasteiger charge is 2.24. The predicted octanol–water partition coefficient (Wildman–Crippen LogP) is 2.60. The first-order valence-electron chi connectivity index (χ1n) is 9.48. The highest BCUT2D eigenvalue weighted by Crippen LogP contribution is 2.21. The Morgan fingerprint density at radius 2 is 1.89 bits per heavy atom. The number of aromatic nitrogens is 3. The van der Waals surface area contributed by atoms with E-state index >= 15 is 0 Å². The highest BCUT2D eigenvalue weighted by atomic mass is 16.5. The number of hydrogen-bond acceptors (Lipinski definition) is 5. The van der Waals surface area contributed by atoms with Crippen LogP contribution in [0.4, 0.5) is 0 Å². The number of benzene rings is 1. The molecule has 0 bridgehead atoms. The van der Waals surface area contributed by atoms with Gasteiger partial charge in [-0.3, -0.25) is 5.10 Å². The average Bonchev–Trinajstić information content (AvgIpc) is 3.14. The largest absolute Gasteiger partial charge is 0.497 e. The number of nitrogens with zero attached hydrogens (tertiary/aromatic N) is 3. The van der Waals surface area contributed by atoms with Crippen molar-refractivity contribution in [1.29, 1.82) is 0 Å². The Kier molecular flexibility index (Phi) is 7.80. The first-order valence-corrected chi connectivity index (χ1v) is 9.48. The number of rotatable bonds is 8. The van der Waals surface area contributed by atoms with Gasteiger partial charge in [0.25, 0.3) is 0 Å². The van der Waals surface area contributed by atoms with Gasteiger partial charge in [0, 0.05) is 25.8 Å². The molecule has 0 aliphatic heterocycles. The molecule has 154 valence electrons. The molecule has 1 unspecified atom stereocenters. The molecule has 2 aromatic rings. The molecule has 8 heteroatoms. The summed E-state index contributed by atoms with van der Waals surface area (Å²) in [6.07, 6.45) is 0.0725. The summed E-state index contributed by atoms with van der Waals surface area (Å²) in [5.74, 6) is 2.85.